The highest BCUT2D eigenvalue weighted by Crippen LogP contribution is 2.20. The Morgan fingerprint density at radius 3 is 2.07 bits per heavy atom. The Balaban J connectivity index is 1.68. The van der Waals surface area contributed by atoms with E-state index in [1.54, 1.807) is 42.5 Å². The summed E-state index contributed by atoms with van der Waals surface area (Å²) in [4.78, 5) is 24.0. The number of anilines is 2. The van der Waals surface area contributed by atoms with E-state index < -0.39 is 5.91 Å². The van der Waals surface area contributed by atoms with Crippen molar-refractivity contribution in [2.75, 3.05) is 10.6 Å². The van der Waals surface area contributed by atoms with Crippen LogP contribution in [0.1, 0.15) is 16.8 Å². The Hall–Kier alpha value is -3.91. The lowest BCUT2D eigenvalue weighted by Gasteiger charge is -2.09. The molecule has 0 spiro atoms. The van der Waals surface area contributed by atoms with Crippen LogP contribution in [0.2, 0.25) is 0 Å². The van der Waals surface area contributed by atoms with Crippen molar-refractivity contribution >= 4 is 23.2 Å². The number of amides is 2. The van der Waals surface area contributed by atoms with Gasteiger partial charge in [-0.05, 0) is 41.5 Å². The maximum Gasteiger partial charge on any atom is 0.255 e. The zero-order valence-corrected chi connectivity index (χ0v) is 14.5. The summed E-state index contributed by atoms with van der Waals surface area (Å²) in [6.45, 7) is 0. The molecule has 0 unspecified atom stereocenters. The molecule has 0 radical (unpaired) electrons. The first-order valence-electron chi connectivity index (χ1n) is 8.39. The normalized spacial score (nSPS) is 9.89. The van der Waals surface area contributed by atoms with E-state index in [-0.39, 0.29) is 12.3 Å². The van der Waals surface area contributed by atoms with E-state index in [1.165, 1.54) is 0 Å². The molecule has 3 aromatic rings. The van der Waals surface area contributed by atoms with E-state index in [1.807, 2.05) is 42.5 Å². The van der Waals surface area contributed by atoms with E-state index in [4.69, 9.17) is 5.26 Å². The molecular weight excluding hydrogens is 338 g/mol. The van der Waals surface area contributed by atoms with Crippen molar-refractivity contribution in [2.45, 2.75) is 6.42 Å². The van der Waals surface area contributed by atoms with Crippen molar-refractivity contribution < 1.29 is 9.59 Å². The van der Waals surface area contributed by atoms with Gasteiger partial charge in [0.05, 0.1) is 6.07 Å². The van der Waals surface area contributed by atoms with Gasteiger partial charge in [-0.3, -0.25) is 9.59 Å². The van der Waals surface area contributed by atoms with Crippen LogP contribution in [-0.2, 0) is 4.79 Å². The Morgan fingerprint density at radius 1 is 0.778 bits per heavy atom. The first-order chi connectivity index (χ1) is 13.2. The van der Waals surface area contributed by atoms with Crippen LogP contribution in [0.4, 0.5) is 11.4 Å². The molecule has 5 nitrogen and oxygen atoms in total. The third kappa shape index (κ3) is 4.80. The second kappa shape index (κ2) is 8.45. The van der Waals surface area contributed by atoms with Crippen molar-refractivity contribution in [1.29, 1.82) is 5.26 Å². The van der Waals surface area contributed by atoms with Gasteiger partial charge in [-0.15, -0.1) is 0 Å². The Bertz CT molecular complexity index is 990. The van der Waals surface area contributed by atoms with E-state index in [0.717, 1.165) is 11.1 Å². The summed E-state index contributed by atoms with van der Waals surface area (Å²) in [5, 5.41) is 14.0. The summed E-state index contributed by atoms with van der Waals surface area (Å²) in [7, 11) is 0. The Kier molecular flexibility index (Phi) is 5.60. The minimum Gasteiger partial charge on any atom is -0.325 e. The second-order valence-corrected chi connectivity index (χ2v) is 5.86. The van der Waals surface area contributed by atoms with Crippen LogP contribution in [0.3, 0.4) is 0 Å². The van der Waals surface area contributed by atoms with Crippen LogP contribution < -0.4 is 10.6 Å². The maximum absolute atomic E-state index is 12.5. The highest BCUT2D eigenvalue weighted by Gasteiger charge is 2.08. The topological polar surface area (TPSA) is 82.0 Å². The number of benzene rings is 3. The zero-order valence-electron chi connectivity index (χ0n) is 14.5. The lowest BCUT2D eigenvalue weighted by atomic mass is 10.0. The highest BCUT2D eigenvalue weighted by atomic mass is 16.2. The lowest BCUT2D eigenvalue weighted by Crippen LogP contribution is -2.13. The van der Waals surface area contributed by atoms with Gasteiger partial charge >= 0.3 is 0 Å². The standard InChI is InChI=1S/C22H17N3O2/c23-14-13-21(26)24-19-7-4-8-20(15-19)25-22(27)18-11-9-17(10-12-18)16-5-2-1-3-6-16/h1-12,15H,13H2,(H,24,26)(H,25,27). The molecule has 0 saturated carbocycles. The van der Waals surface area contributed by atoms with Crippen molar-refractivity contribution in [2.24, 2.45) is 0 Å². The Labute approximate surface area is 157 Å². The van der Waals surface area contributed by atoms with Gasteiger partial charge in [-0.1, -0.05) is 48.5 Å². The molecule has 0 aliphatic heterocycles. The molecule has 0 saturated heterocycles. The molecule has 2 N–H and O–H groups in total. The average Bonchev–Trinajstić information content (AvgIpc) is 2.69. The van der Waals surface area contributed by atoms with Crippen molar-refractivity contribution in [3.8, 4) is 17.2 Å². The largest absolute Gasteiger partial charge is 0.325 e. The molecule has 0 bridgehead atoms. The molecular formula is C22H17N3O2. The van der Waals surface area contributed by atoms with Gasteiger partial charge in [0.2, 0.25) is 5.91 Å². The third-order valence-corrected chi connectivity index (χ3v) is 3.90. The summed E-state index contributed by atoms with van der Waals surface area (Å²) in [5.74, 6) is -0.632. The van der Waals surface area contributed by atoms with Crippen molar-refractivity contribution in [3.05, 3.63) is 84.4 Å². The first-order valence-corrected chi connectivity index (χ1v) is 8.39. The monoisotopic (exact) mass is 355 g/mol. The fourth-order valence-electron chi connectivity index (χ4n) is 2.60. The fourth-order valence-corrected chi connectivity index (χ4v) is 2.60. The van der Waals surface area contributed by atoms with Gasteiger partial charge in [-0.25, -0.2) is 0 Å². The van der Waals surface area contributed by atoms with Gasteiger partial charge in [0.1, 0.15) is 6.42 Å². The van der Waals surface area contributed by atoms with Crippen LogP contribution in [-0.4, -0.2) is 11.8 Å². The lowest BCUT2D eigenvalue weighted by molar-refractivity contribution is -0.115. The van der Waals surface area contributed by atoms with Crippen LogP contribution >= 0.6 is 0 Å². The molecule has 2 amide bonds. The minimum absolute atomic E-state index is 0.218. The molecule has 0 aromatic heterocycles. The molecule has 3 aromatic carbocycles. The number of nitrogens with one attached hydrogen (secondary N) is 2. The molecule has 27 heavy (non-hydrogen) atoms. The third-order valence-electron chi connectivity index (χ3n) is 3.90. The number of hydrogen-bond donors (Lipinski definition) is 2. The molecule has 5 heteroatoms. The number of carbonyl (C=O) groups excluding carboxylic acids is 2. The van der Waals surface area contributed by atoms with Gasteiger partial charge < -0.3 is 10.6 Å². The first kappa shape index (κ1) is 17.9. The van der Waals surface area contributed by atoms with Crippen LogP contribution in [0.5, 0.6) is 0 Å². The number of nitrogens with zero attached hydrogens (tertiary/aromatic N) is 1. The van der Waals surface area contributed by atoms with Crippen LogP contribution in [0.15, 0.2) is 78.9 Å². The highest BCUT2D eigenvalue weighted by molar-refractivity contribution is 6.05. The van der Waals surface area contributed by atoms with E-state index in [2.05, 4.69) is 10.6 Å². The summed E-state index contributed by atoms with van der Waals surface area (Å²) < 4.78 is 0. The molecule has 132 valence electrons. The summed E-state index contributed by atoms with van der Waals surface area (Å²) in [5.41, 5.74) is 3.74. The predicted molar refractivity (Wildman–Crippen MR) is 105 cm³/mol. The summed E-state index contributed by atoms with van der Waals surface area (Å²) in [6, 6.07) is 25.9. The fraction of sp³-hybridized carbons (Fsp3) is 0.0455. The smallest absolute Gasteiger partial charge is 0.255 e. The summed E-state index contributed by atoms with van der Waals surface area (Å²) >= 11 is 0. The SMILES string of the molecule is N#CCC(=O)Nc1cccc(NC(=O)c2ccc(-c3ccccc3)cc2)c1. The van der Waals surface area contributed by atoms with E-state index >= 15 is 0 Å². The second-order valence-electron chi connectivity index (χ2n) is 5.86. The molecule has 0 fully saturated rings. The number of carbonyl (C=O) groups is 2. The Morgan fingerprint density at radius 2 is 1.41 bits per heavy atom. The summed E-state index contributed by atoms with van der Waals surface area (Å²) in [6.07, 6.45) is -0.218. The molecule has 0 aliphatic rings. The predicted octanol–water partition coefficient (Wildman–Crippen LogP) is 4.46. The minimum atomic E-state index is -0.391. The quantitative estimate of drug-likeness (QED) is 0.709. The number of nitriles is 1. The van der Waals surface area contributed by atoms with Gasteiger partial charge in [0.25, 0.3) is 5.91 Å². The molecule has 0 heterocycles. The maximum atomic E-state index is 12.5. The average molecular weight is 355 g/mol. The van der Waals surface area contributed by atoms with Gasteiger partial charge in [0, 0.05) is 16.9 Å². The van der Waals surface area contributed by atoms with E-state index in [0.29, 0.717) is 16.9 Å². The van der Waals surface area contributed by atoms with Crippen molar-refractivity contribution in [1.82, 2.24) is 0 Å². The molecule has 0 aliphatic carbocycles. The molecule has 3 rings (SSSR count). The van der Waals surface area contributed by atoms with Gasteiger partial charge in [0.15, 0.2) is 0 Å². The van der Waals surface area contributed by atoms with Crippen LogP contribution in [0, 0.1) is 11.3 Å². The number of rotatable bonds is 5. The van der Waals surface area contributed by atoms with Crippen LogP contribution in [0.25, 0.3) is 11.1 Å². The number of hydrogen-bond acceptors (Lipinski definition) is 3. The zero-order chi connectivity index (χ0) is 19.1. The van der Waals surface area contributed by atoms with Crippen molar-refractivity contribution in [3.63, 3.8) is 0 Å². The van der Waals surface area contributed by atoms with Gasteiger partial charge in [-0.2, -0.15) is 5.26 Å². The molecule has 0 atom stereocenters. The van der Waals surface area contributed by atoms with E-state index in [9.17, 15) is 9.59 Å².